The Morgan fingerprint density at radius 1 is 1.25 bits per heavy atom. The Hall–Kier alpha value is -1.57. The van der Waals surface area contributed by atoms with E-state index in [9.17, 15) is 0 Å². The van der Waals surface area contributed by atoms with E-state index in [0.717, 1.165) is 18.7 Å². The SMILES string of the molecule is Cc1ccccc1N(C)C1=NC=CCCC1. The van der Waals surface area contributed by atoms with Gasteiger partial charge in [0.15, 0.2) is 0 Å². The molecule has 0 aliphatic carbocycles. The summed E-state index contributed by atoms with van der Waals surface area (Å²) < 4.78 is 0. The molecule has 16 heavy (non-hydrogen) atoms. The third kappa shape index (κ3) is 2.32. The fourth-order valence-electron chi connectivity index (χ4n) is 1.99. The molecule has 2 heteroatoms. The summed E-state index contributed by atoms with van der Waals surface area (Å²) in [5, 5.41) is 0. The molecule has 0 amide bonds. The number of allylic oxidation sites excluding steroid dienone is 1. The van der Waals surface area contributed by atoms with Gasteiger partial charge in [-0.2, -0.15) is 0 Å². The van der Waals surface area contributed by atoms with Crippen LogP contribution in [0.1, 0.15) is 24.8 Å². The van der Waals surface area contributed by atoms with Gasteiger partial charge >= 0.3 is 0 Å². The molecule has 2 rings (SSSR count). The molecular formula is C14H18N2. The average molecular weight is 214 g/mol. The minimum atomic E-state index is 1.05. The highest BCUT2D eigenvalue weighted by Crippen LogP contribution is 2.20. The number of anilines is 1. The second-order valence-electron chi connectivity index (χ2n) is 4.17. The molecule has 2 nitrogen and oxygen atoms in total. The zero-order chi connectivity index (χ0) is 11.4. The molecule has 1 aliphatic heterocycles. The van der Waals surface area contributed by atoms with Crippen LogP contribution in [0, 0.1) is 6.92 Å². The van der Waals surface area contributed by atoms with E-state index in [-0.39, 0.29) is 0 Å². The smallest absolute Gasteiger partial charge is 0.108 e. The lowest BCUT2D eigenvalue weighted by atomic mass is 10.1. The lowest BCUT2D eigenvalue weighted by Crippen LogP contribution is -2.26. The molecule has 0 unspecified atom stereocenters. The summed E-state index contributed by atoms with van der Waals surface area (Å²) in [6, 6.07) is 8.43. The molecule has 0 aromatic heterocycles. The molecule has 0 saturated heterocycles. The number of hydrogen-bond donors (Lipinski definition) is 0. The molecule has 0 saturated carbocycles. The first-order valence-corrected chi connectivity index (χ1v) is 5.80. The van der Waals surface area contributed by atoms with E-state index in [1.807, 2.05) is 6.20 Å². The Morgan fingerprint density at radius 2 is 2.06 bits per heavy atom. The minimum Gasteiger partial charge on any atom is -0.333 e. The molecule has 0 radical (unpaired) electrons. The van der Waals surface area contributed by atoms with Crippen LogP contribution >= 0.6 is 0 Å². The first-order chi connectivity index (χ1) is 7.79. The van der Waals surface area contributed by atoms with Crippen LogP contribution in [0.2, 0.25) is 0 Å². The van der Waals surface area contributed by atoms with Crippen molar-refractivity contribution in [3.05, 3.63) is 42.1 Å². The standard InChI is InChI=1S/C14H18N2/c1-12-8-5-6-9-13(12)16(2)14-10-4-3-7-11-15-14/h5-9,11H,3-4,10H2,1-2H3. The second kappa shape index (κ2) is 4.97. The maximum Gasteiger partial charge on any atom is 0.108 e. The van der Waals surface area contributed by atoms with E-state index in [0.29, 0.717) is 0 Å². The highest BCUT2D eigenvalue weighted by molar-refractivity contribution is 5.98. The van der Waals surface area contributed by atoms with Gasteiger partial charge in [-0.25, -0.2) is 4.99 Å². The third-order valence-corrected chi connectivity index (χ3v) is 2.96. The van der Waals surface area contributed by atoms with E-state index in [1.54, 1.807) is 0 Å². The van der Waals surface area contributed by atoms with E-state index in [2.05, 4.69) is 54.2 Å². The monoisotopic (exact) mass is 214 g/mol. The fraction of sp³-hybridized carbons (Fsp3) is 0.357. The van der Waals surface area contributed by atoms with Gasteiger partial charge in [-0.15, -0.1) is 0 Å². The van der Waals surface area contributed by atoms with Gasteiger partial charge in [0, 0.05) is 25.4 Å². The summed E-state index contributed by atoms with van der Waals surface area (Å²) in [7, 11) is 2.10. The molecule has 1 aliphatic rings. The van der Waals surface area contributed by atoms with Crippen LogP contribution in [0.15, 0.2) is 41.5 Å². The summed E-state index contributed by atoms with van der Waals surface area (Å²) in [5.74, 6) is 1.16. The number of para-hydroxylation sites is 1. The van der Waals surface area contributed by atoms with Crippen LogP contribution in [-0.4, -0.2) is 12.9 Å². The fourth-order valence-corrected chi connectivity index (χ4v) is 1.99. The van der Waals surface area contributed by atoms with Gasteiger partial charge in [-0.1, -0.05) is 24.3 Å². The quantitative estimate of drug-likeness (QED) is 0.698. The van der Waals surface area contributed by atoms with Crippen molar-refractivity contribution in [2.75, 3.05) is 11.9 Å². The molecule has 0 spiro atoms. The zero-order valence-electron chi connectivity index (χ0n) is 9.98. The summed E-state index contributed by atoms with van der Waals surface area (Å²) in [6.07, 6.45) is 7.44. The van der Waals surface area contributed by atoms with Crippen molar-refractivity contribution in [2.45, 2.75) is 26.2 Å². The van der Waals surface area contributed by atoms with Crippen molar-refractivity contribution in [2.24, 2.45) is 4.99 Å². The first kappa shape index (κ1) is 10.9. The molecule has 1 aromatic carbocycles. The number of hydrogen-bond acceptors (Lipinski definition) is 2. The molecular weight excluding hydrogens is 196 g/mol. The van der Waals surface area contributed by atoms with Crippen molar-refractivity contribution in [1.82, 2.24) is 0 Å². The normalized spacial score (nSPS) is 15.5. The number of aliphatic imine (C=N–C) groups is 1. The van der Waals surface area contributed by atoms with Gasteiger partial charge < -0.3 is 4.90 Å². The number of amidine groups is 1. The van der Waals surface area contributed by atoms with Crippen molar-refractivity contribution in [1.29, 1.82) is 0 Å². The van der Waals surface area contributed by atoms with Gasteiger partial charge in [0.25, 0.3) is 0 Å². The molecule has 1 aromatic rings. The Labute approximate surface area is 97.3 Å². The molecule has 0 atom stereocenters. The summed E-state index contributed by atoms with van der Waals surface area (Å²) in [5.41, 5.74) is 2.54. The van der Waals surface area contributed by atoms with Crippen LogP contribution < -0.4 is 4.90 Å². The van der Waals surface area contributed by atoms with Crippen molar-refractivity contribution < 1.29 is 0 Å². The number of aryl methyl sites for hydroxylation is 1. The Kier molecular flexibility index (Phi) is 3.40. The molecule has 84 valence electrons. The summed E-state index contributed by atoms with van der Waals surface area (Å²) >= 11 is 0. The molecule has 0 bridgehead atoms. The highest BCUT2D eigenvalue weighted by atomic mass is 15.2. The zero-order valence-corrected chi connectivity index (χ0v) is 9.98. The van der Waals surface area contributed by atoms with Gasteiger partial charge in [0.2, 0.25) is 0 Å². The summed E-state index contributed by atoms with van der Waals surface area (Å²) in [6.45, 7) is 2.14. The number of benzene rings is 1. The lowest BCUT2D eigenvalue weighted by Gasteiger charge is -2.22. The Morgan fingerprint density at radius 3 is 2.88 bits per heavy atom. The maximum absolute atomic E-state index is 4.50. The number of rotatable bonds is 1. The first-order valence-electron chi connectivity index (χ1n) is 5.80. The highest BCUT2D eigenvalue weighted by Gasteiger charge is 2.10. The van der Waals surface area contributed by atoms with Crippen LogP contribution in [-0.2, 0) is 0 Å². The van der Waals surface area contributed by atoms with Crippen LogP contribution in [0.3, 0.4) is 0 Å². The summed E-state index contributed by atoms with van der Waals surface area (Å²) in [4.78, 5) is 6.70. The predicted octanol–water partition coefficient (Wildman–Crippen LogP) is 3.53. The van der Waals surface area contributed by atoms with Crippen molar-refractivity contribution in [3.63, 3.8) is 0 Å². The van der Waals surface area contributed by atoms with E-state index in [1.165, 1.54) is 17.7 Å². The van der Waals surface area contributed by atoms with Crippen LogP contribution in [0.5, 0.6) is 0 Å². The Balaban J connectivity index is 2.25. The molecule has 1 heterocycles. The maximum atomic E-state index is 4.50. The third-order valence-electron chi connectivity index (χ3n) is 2.96. The number of nitrogens with zero attached hydrogens (tertiary/aromatic N) is 2. The lowest BCUT2D eigenvalue weighted by molar-refractivity contribution is 0.890. The second-order valence-corrected chi connectivity index (χ2v) is 4.17. The van der Waals surface area contributed by atoms with Gasteiger partial charge in [0.1, 0.15) is 5.84 Å². The van der Waals surface area contributed by atoms with Gasteiger partial charge in [0.05, 0.1) is 0 Å². The largest absolute Gasteiger partial charge is 0.333 e. The molecule has 0 N–H and O–H groups in total. The van der Waals surface area contributed by atoms with Crippen molar-refractivity contribution in [3.8, 4) is 0 Å². The molecule has 0 fully saturated rings. The average Bonchev–Trinajstić information content (AvgIpc) is 2.57. The van der Waals surface area contributed by atoms with Crippen LogP contribution in [0.25, 0.3) is 0 Å². The van der Waals surface area contributed by atoms with Gasteiger partial charge in [-0.3, -0.25) is 0 Å². The van der Waals surface area contributed by atoms with Crippen molar-refractivity contribution >= 4 is 11.5 Å². The van der Waals surface area contributed by atoms with E-state index < -0.39 is 0 Å². The van der Waals surface area contributed by atoms with E-state index >= 15 is 0 Å². The Bertz CT molecular complexity index is 418. The van der Waals surface area contributed by atoms with E-state index in [4.69, 9.17) is 0 Å². The predicted molar refractivity (Wildman–Crippen MR) is 70.0 cm³/mol. The van der Waals surface area contributed by atoms with Crippen LogP contribution in [0.4, 0.5) is 5.69 Å². The topological polar surface area (TPSA) is 15.6 Å². The van der Waals surface area contributed by atoms with Gasteiger partial charge in [-0.05, 0) is 31.4 Å². The minimum absolute atomic E-state index is 1.05.